The van der Waals surface area contributed by atoms with E-state index in [0.717, 1.165) is 0 Å². The number of nitrogens with zero attached hydrogens (tertiary/aromatic N) is 1. The van der Waals surface area contributed by atoms with Gasteiger partial charge >= 0.3 is 5.97 Å². The summed E-state index contributed by atoms with van der Waals surface area (Å²) >= 11 is 5.76. The van der Waals surface area contributed by atoms with Gasteiger partial charge in [0.05, 0.1) is 17.8 Å². The summed E-state index contributed by atoms with van der Waals surface area (Å²) in [5.74, 6) is -0.616. The Bertz CT molecular complexity index is 390. The van der Waals surface area contributed by atoms with Gasteiger partial charge in [0.15, 0.2) is 5.69 Å². The first-order valence-electron chi connectivity index (χ1n) is 4.45. The molecule has 0 aliphatic heterocycles. The van der Waals surface area contributed by atoms with E-state index in [-0.39, 0.29) is 22.4 Å². The lowest BCUT2D eigenvalue weighted by Crippen LogP contribution is -2.08. The van der Waals surface area contributed by atoms with Gasteiger partial charge in [-0.25, -0.2) is 9.78 Å². The number of aromatic nitrogens is 1. The summed E-state index contributed by atoms with van der Waals surface area (Å²) in [7, 11) is 1.25. The largest absolute Gasteiger partial charge is 0.506 e. The van der Waals surface area contributed by atoms with E-state index in [9.17, 15) is 9.90 Å². The molecule has 15 heavy (non-hydrogen) atoms. The second-order valence-electron chi connectivity index (χ2n) is 3.37. The predicted octanol–water partition coefficient (Wildman–Crippen LogP) is 2.35. The molecule has 0 saturated heterocycles. The Morgan fingerprint density at radius 2 is 2.20 bits per heavy atom. The van der Waals surface area contributed by atoms with Crippen LogP contribution in [0.3, 0.4) is 0 Å². The van der Waals surface area contributed by atoms with Crippen molar-refractivity contribution in [3.05, 3.63) is 22.5 Å². The monoisotopic (exact) mass is 229 g/mol. The number of halogens is 1. The molecule has 0 spiro atoms. The fourth-order valence-electron chi connectivity index (χ4n) is 1.16. The zero-order valence-corrected chi connectivity index (χ0v) is 9.50. The Labute approximate surface area is 92.8 Å². The Kier molecular flexibility index (Phi) is 3.52. The second kappa shape index (κ2) is 4.49. The molecular formula is C10H12ClNO3. The number of pyridine rings is 1. The number of methoxy groups -OCH3 is 1. The van der Waals surface area contributed by atoms with Gasteiger partial charge in [0, 0.05) is 6.07 Å². The van der Waals surface area contributed by atoms with Crippen LogP contribution in [0.5, 0.6) is 5.75 Å². The fraction of sp³-hybridized carbons (Fsp3) is 0.400. The molecule has 4 nitrogen and oxygen atoms in total. The highest BCUT2D eigenvalue weighted by Gasteiger charge is 2.18. The molecule has 0 fully saturated rings. The van der Waals surface area contributed by atoms with E-state index in [1.165, 1.54) is 13.2 Å². The van der Waals surface area contributed by atoms with Gasteiger partial charge in [-0.2, -0.15) is 0 Å². The molecule has 1 N–H and O–H groups in total. The van der Waals surface area contributed by atoms with Crippen molar-refractivity contribution in [2.75, 3.05) is 7.11 Å². The normalized spacial score (nSPS) is 10.5. The third kappa shape index (κ3) is 2.39. The summed E-state index contributed by atoms with van der Waals surface area (Å²) in [4.78, 5) is 15.3. The molecular weight excluding hydrogens is 218 g/mol. The first kappa shape index (κ1) is 11.8. The summed E-state index contributed by atoms with van der Waals surface area (Å²) in [6.45, 7) is 3.72. The van der Waals surface area contributed by atoms with E-state index in [4.69, 9.17) is 11.6 Å². The third-order valence-corrected chi connectivity index (χ3v) is 2.20. The van der Waals surface area contributed by atoms with Crippen LogP contribution in [0.15, 0.2) is 6.07 Å². The maximum atomic E-state index is 11.3. The summed E-state index contributed by atoms with van der Waals surface area (Å²) in [6, 6.07) is 1.30. The van der Waals surface area contributed by atoms with Crippen LogP contribution in [-0.2, 0) is 4.74 Å². The van der Waals surface area contributed by atoms with Crippen molar-refractivity contribution in [3.8, 4) is 5.75 Å². The highest BCUT2D eigenvalue weighted by atomic mass is 35.5. The minimum atomic E-state index is -0.609. The van der Waals surface area contributed by atoms with Gasteiger partial charge in [0.2, 0.25) is 0 Å². The molecule has 1 heterocycles. The Morgan fingerprint density at radius 3 is 2.67 bits per heavy atom. The van der Waals surface area contributed by atoms with E-state index in [2.05, 4.69) is 9.72 Å². The van der Waals surface area contributed by atoms with Crippen LogP contribution in [0.2, 0.25) is 5.02 Å². The molecule has 0 radical (unpaired) electrons. The highest BCUT2D eigenvalue weighted by molar-refractivity contribution is 6.33. The van der Waals surface area contributed by atoms with E-state index < -0.39 is 5.97 Å². The van der Waals surface area contributed by atoms with Crippen molar-refractivity contribution in [2.24, 2.45) is 0 Å². The summed E-state index contributed by atoms with van der Waals surface area (Å²) in [6.07, 6.45) is 0. The van der Waals surface area contributed by atoms with Gasteiger partial charge in [0.1, 0.15) is 5.75 Å². The first-order chi connectivity index (χ1) is 6.97. The fourth-order valence-corrected chi connectivity index (χ4v) is 1.38. The standard InChI is InChI=1S/C10H12ClNO3/c1-5(2)8-7(13)4-6(11)9(12-8)10(14)15-3/h4-5,13H,1-3H3. The summed E-state index contributed by atoms with van der Waals surface area (Å²) in [5.41, 5.74) is 0.459. The smallest absolute Gasteiger partial charge is 0.358 e. The first-order valence-corrected chi connectivity index (χ1v) is 4.82. The van der Waals surface area contributed by atoms with Crippen molar-refractivity contribution in [2.45, 2.75) is 19.8 Å². The van der Waals surface area contributed by atoms with Gasteiger partial charge in [-0.1, -0.05) is 25.4 Å². The zero-order chi connectivity index (χ0) is 11.6. The van der Waals surface area contributed by atoms with E-state index in [1.54, 1.807) is 0 Å². The van der Waals surface area contributed by atoms with E-state index in [1.807, 2.05) is 13.8 Å². The van der Waals surface area contributed by atoms with Gasteiger partial charge in [-0.15, -0.1) is 0 Å². The Morgan fingerprint density at radius 1 is 1.60 bits per heavy atom. The molecule has 82 valence electrons. The van der Waals surface area contributed by atoms with Gasteiger partial charge in [-0.05, 0) is 5.92 Å². The van der Waals surface area contributed by atoms with Crippen molar-refractivity contribution in [3.63, 3.8) is 0 Å². The molecule has 0 aliphatic carbocycles. The van der Waals surface area contributed by atoms with Crippen molar-refractivity contribution < 1.29 is 14.6 Å². The number of hydrogen-bond acceptors (Lipinski definition) is 4. The molecule has 0 aromatic carbocycles. The van der Waals surface area contributed by atoms with Crippen molar-refractivity contribution in [1.29, 1.82) is 0 Å². The molecule has 0 saturated carbocycles. The van der Waals surface area contributed by atoms with E-state index in [0.29, 0.717) is 5.69 Å². The minimum Gasteiger partial charge on any atom is -0.506 e. The van der Waals surface area contributed by atoms with Crippen molar-refractivity contribution >= 4 is 17.6 Å². The van der Waals surface area contributed by atoms with Crippen LogP contribution < -0.4 is 0 Å². The van der Waals surface area contributed by atoms with Crippen LogP contribution in [-0.4, -0.2) is 23.2 Å². The lowest BCUT2D eigenvalue weighted by Gasteiger charge is -2.09. The number of carbonyl (C=O) groups is 1. The quantitative estimate of drug-likeness (QED) is 0.791. The van der Waals surface area contributed by atoms with Crippen molar-refractivity contribution in [1.82, 2.24) is 4.98 Å². The SMILES string of the molecule is COC(=O)c1nc(C(C)C)c(O)cc1Cl. The third-order valence-electron chi connectivity index (χ3n) is 1.91. The van der Waals surface area contributed by atoms with Crippen LogP contribution in [0, 0.1) is 0 Å². The molecule has 0 amide bonds. The second-order valence-corrected chi connectivity index (χ2v) is 3.78. The van der Waals surface area contributed by atoms with Gasteiger partial charge < -0.3 is 9.84 Å². The molecule has 0 aliphatic rings. The molecule has 5 heteroatoms. The predicted molar refractivity (Wildman–Crippen MR) is 56.3 cm³/mol. The zero-order valence-electron chi connectivity index (χ0n) is 8.74. The average molecular weight is 230 g/mol. The number of aromatic hydroxyl groups is 1. The molecule has 1 rings (SSSR count). The van der Waals surface area contributed by atoms with Crippen LogP contribution in [0.4, 0.5) is 0 Å². The number of carbonyl (C=O) groups excluding carboxylic acids is 1. The van der Waals surface area contributed by atoms with Gasteiger partial charge in [0.25, 0.3) is 0 Å². The lowest BCUT2D eigenvalue weighted by molar-refractivity contribution is 0.0594. The molecule has 1 aromatic heterocycles. The summed E-state index contributed by atoms with van der Waals surface area (Å²) < 4.78 is 4.52. The van der Waals surface area contributed by atoms with Crippen LogP contribution >= 0.6 is 11.6 Å². The topological polar surface area (TPSA) is 59.4 Å². The molecule has 0 unspecified atom stereocenters. The maximum Gasteiger partial charge on any atom is 0.358 e. The molecule has 0 atom stereocenters. The number of esters is 1. The lowest BCUT2D eigenvalue weighted by atomic mass is 10.1. The Balaban J connectivity index is 3.29. The van der Waals surface area contributed by atoms with Crippen LogP contribution in [0.25, 0.3) is 0 Å². The molecule has 1 aromatic rings. The Hall–Kier alpha value is -1.29. The van der Waals surface area contributed by atoms with Crippen LogP contribution in [0.1, 0.15) is 35.9 Å². The molecule has 0 bridgehead atoms. The van der Waals surface area contributed by atoms with Gasteiger partial charge in [-0.3, -0.25) is 0 Å². The van der Waals surface area contributed by atoms with E-state index >= 15 is 0 Å². The average Bonchev–Trinajstić information content (AvgIpc) is 2.16. The highest BCUT2D eigenvalue weighted by Crippen LogP contribution is 2.28. The minimum absolute atomic E-state index is 0.00525. The maximum absolute atomic E-state index is 11.3. The number of hydrogen-bond donors (Lipinski definition) is 1. The number of ether oxygens (including phenoxy) is 1. The summed E-state index contributed by atoms with van der Waals surface area (Å²) in [5, 5.41) is 9.63. The number of rotatable bonds is 2.